The minimum Gasteiger partial charge on any atom is -0.338 e. The lowest BCUT2D eigenvalue weighted by Gasteiger charge is -2.01. The molecule has 98 valence electrons. The highest BCUT2D eigenvalue weighted by Gasteiger charge is 2.12. The van der Waals surface area contributed by atoms with Crippen molar-refractivity contribution in [2.75, 3.05) is 5.32 Å². The van der Waals surface area contributed by atoms with Crippen molar-refractivity contribution in [2.45, 2.75) is 26.3 Å². The van der Waals surface area contributed by atoms with Gasteiger partial charge in [0, 0.05) is 6.07 Å². The zero-order valence-electron chi connectivity index (χ0n) is 10.5. The van der Waals surface area contributed by atoms with E-state index in [1.165, 1.54) is 10.9 Å². The standard InChI is InChI=1S/C11H12N6O2/c1-7(2)8-3-11(19-16-8)14-10(18)5-17-6-13-15-9(17)4-12/h3,6-7H,5H2,1-2H3,(H,14,18). The van der Waals surface area contributed by atoms with E-state index in [0.29, 0.717) is 0 Å². The van der Waals surface area contributed by atoms with Crippen LogP contribution in [-0.4, -0.2) is 25.8 Å². The summed E-state index contributed by atoms with van der Waals surface area (Å²) in [6.45, 7) is 3.88. The zero-order chi connectivity index (χ0) is 13.8. The van der Waals surface area contributed by atoms with Crippen LogP contribution in [-0.2, 0) is 11.3 Å². The Morgan fingerprint density at radius 2 is 2.42 bits per heavy atom. The Kier molecular flexibility index (Phi) is 3.56. The van der Waals surface area contributed by atoms with Crippen LogP contribution in [0.5, 0.6) is 0 Å². The van der Waals surface area contributed by atoms with E-state index in [9.17, 15) is 4.79 Å². The Hall–Kier alpha value is -2.69. The molecule has 2 aromatic heterocycles. The maximum atomic E-state index is 11.7. The van der Waals surface area contributed by atoms with Crippen molar-refractivity contribution < 1.29 is 9.32 Å². The van der Waals surface area contributed by atoms with Crippen LogP contribution in [0.3, 0.4) is 0 Å². The van der Waals surface area contributed by atoms with E-state index < -0.39 is 0 Å². The van der Waals surface area contributed by atoms with Crippen molar-refractivity contribution in [3.05, 3.63) is 23.9 Å². The molecule has 1 amide bonds. The Bertz CT molecular complexity index is 621. The van der Waals surface area contributed by atoms with Crippen molar-refractivity contribution in [1.82, 2.24) is 19.9 Å². The van der Waals surface area contributed by atoms with E-state index in [1.54, 1.807) is 6.07 Å². The van der Waals surface area contributed by atoms with Gasteiger partial charge in [-0.15, -0.1) is 10.2 Å². The molecule has 0 aliphatic heterocycles. The molecular formula is C11H12N6O2. The quantitative estimate of drug-likeness (QED) is 0.874. The van der Waals surface area contributed by atoms with Crippen LogP contribution in [0.4, 0.5) is 5.88 Å². The van der Waals surface area contributed by atoms with Gasteiger partial charge < -0.3 is 4.52 Å². The molecule has 8 heteroatoms. The molecule has 2 rings (SSSR count). The Balaban J connectivity index is 2.00. The van der Waals surface area contributed by atoms with Gasteiger partial charge >= 0.3 is 0 Å². The number of carbonyl (C=O) groups is 1. The fourth-order valence-corrected chi connectivity index (χ4v) is 1.41. The summed E-state index contributed by atoms with van der Waals surface area (Å²) in [5.41, 5.74) is 0.761. The maximum absolute atomic E-state index is 11.7. The first-order valence-electron chi connectivity index (χ1n) is 5.64. The van der Waals surface area contributed by atoms with Gasteiger partial charge in [0.15, 0.2) is 0 Å². The van der Waals surface area contributed by atoms with Crippen LogP contribution in [0.25, 0.3) is 0 Å². The minimum atomic E-state index is -0.345. The first kappa shape index (κ1) is 12.8. The number of aromatic nitrogens is 4. The fraction of sp³-hybridized carbons (Fsp3) is 0.364. The van der Waals surface area contributed by atoms with Gasteiger partial charge in [-0.05, 0) is 5.92 Å². The van der Waals surface area contributed by atoms with Crippen molar-refractivity contribution >= 4 is 11.8 Å². The molecule has 0 unspecified atom stereocenters. The number of nitrogens with zero attached hydrogens (tertiary/aromatic N) is 5. The number of anilines is 1. The predicted molar refractivity (Wildman–Crippen MR) is 64.0 cm³/mol. The number of hydrogen-bond donors (Lipinski definition) is 1. The van der Waals surface area contributed by atoms with Gasteiger partial charge in [-0.2, -0.15) is 5.26 Å². The number of amides is 1. The molecule has 0 atom stereocenters. The molecule has 0 saturated carbocycles. The van der Waals surface area contributed by atoms with Crippen LogP contribution in [0.2, 0.25) is 0 Å². The average molecular weight is 260 g/mol. The summed E-state index contributed by atoms with van der Waals surface area (Å²) in [7, 11) is 0. The van der Waals surface area contributed by atoms with Crippen LogP contribution < -0.4 is 5.32 Å². The summed E-state index contributed by atoms with van der Waals surface area (Å²) in [5.74, 6) is 0.232. The van der Waals surface area contributed by atoms with Gasteiger partial charge in [0.2, 0.25) is 17.6 Å². The third-order valence-corrected chi connectivity index (χ3v) is 2.41. The molecule has 0 radical (unpaired) electrons. The highest BCUT2D eigenvalue weighted by molar-refractivity contribution is 5.89. The summed E-state index contributed by atoms with van der Waals surface area (Å²) < 4.78 is 6.33. The molecule has 0 aliphatic carbocycles. The third kappa shape index (κ3) is 2.95. The van der Waals surface area contributed by atoms with Gasteiger partial charge in [-0.1, -0.05) is 19.0 Å². The number of rotatable bonds is 4. The van der Waals surface area contributed by atoms with E-state index >= 15 is 0 Å². The highest BCUT2D eigenvalue weighted by atomic mass is 16.5. The Labute approximate surface area is 109 Å². The fourth-order valence-electron chi connectivity index (χ4n) is 1.41. The van der Waals surface area contributed by atoms with E-state index in [0.717, 1.165) is 5.69 Å². The average Bonchev–Trinajstić information content (AvgIpc) is 2.97. The minimum absolute atomic E-state index is 0.0619. The molecule has 0 saturated heterocycles. The van der Waals surface area contributed by atoms with E-state index in [-0.39, 0.29) is 30.1 Å². The van der Waals surface area contributed by atoms with Crippen molar-refractivity contribution in [1.29, 1.82) is 5.26 Å². The second kappa shape index (κ2) is 5.30. The molecule has 0 fully saturated rings. The van der Waals surface area contributed by atoms with Gasteiger partial charge in [-0.3, -0.25) is 14.7 Å². The summed E-state index contributed by atoms with van der Waals surface area (Å²) in [6, 6.07) is 3.50. The largest absolute Gasteiger partial charge is 0.338 e. The van der Waals surface area contributed by atoms with Crippen LogP contribution in [0.1, 0.15) is 31.3 Å². The van der Waals surface area contributed by atoms with E-state index in [4.69, 9.17) is 9.78 Å². The number of hydrogen-bond acceptors (Lipinski definition) is 6. The molecular weight excluding hydrogens is 248 g/mol. The highest BCUT2D eigenvalue weighted by Crippen LogP contribution is 2.17. The normalized spacial score (nSPS) is 10.4. The first-order valence-corrected chi connectivity index (χ1v) is 5.64. The summed E-state index contributed by atoms with van der Waals surface area (Å²) >= 11 is 0. The Morgan fingerprint density at radius 3 is 3.05 bits per heavy atom. The predicted octanol–water partition coefficient (Wildman–Crippen LogP) is 0.900. The lowest BCUT2D eigenvalue weighted by molar-refractivity contribution is -0.116. The van der Waals surface area contributed by atoms with E-state index in [2.05, 4.69) is 20.7 Å². The van der Waals surface area contributed by atoms with Crippen molar-refractivity contribution in [3.8, 4) is 6.07 Å². The monoisotopic (exact) mass is 260 g/mol. The zero-order valence-corrected chi connectivity index (χ0v) is 10.5. The second-order valence-electron chi connectivity index (χ2n) is 4.21. The number of nitrogens with one attached hydrogen (secondary N) is 1. The lowest BCUT2D eigenvalue weighted by Crippen LogP contribution is -2.18. The third-order valence-electron chi connectivity index (χ3n) is 2.41. The van der Waals surface area contributed by atoms with Gasteiger partial charge in [0.25, 0.3) is 0 Å². The van der Waals surface area contributed by atoms with Crippen molar-refractivity contribution in [3.63, 3.8) is 0 Å². The molecule has 0 aromatic carbocycles. The Morgan fingerprint density at radius 1 is 1.63 bits per heavy atom. The smallest absolute Gasteiger partial charge is 0.246 e. The topological polar surface area (TPSA) is 110 Å². The molecule has 2 heterocycles. The van der Waals surface area contributed by atoms with Crippen molar-refractivity contribution in [2.24, 2.45) is 0 Å². The van der Waals surface area contributed by atoms with Gasteiger partial charge in [-0.25, -0.2) is 0 Å². The molecule has 0 bridgehead atoms. The number of carbonyl (C=O) groups excluding carboxylic acids is 1. The van der Waals surface area contributed by atoms with Crippen LogP contribution in [0, 0.1) is 11.3 Å². The lowest BCUT2D eigenvalue weighted by atomic mass is 10.1. The second-order valence-corrected chi connectivity index (χ2v) is 4.21. The summed E-state index contributed by atoms with van der Waals surface area (Å²) in [4.78, 5) is 11.7. The van der Waals surface area contributed by atoms with E-state index in [1.807, 2.05) is 19.9 Å². The first-order chi connectivity index (χ1) is 9.10. The van der Waals surface area contributed by atoms with Gasteiger partial charge in [0.1, 0.15) is 18.9 Å². The summed E-state index contributed by atoms with van der Waals surface area (Å²) in [6.07, 6.45) is 1.32. The molecule has 19 heavy (non-hydrogen) atoms. The van der Waals surface area contributed by atoms with Crippen LogP contribution in [0.15, 0.2) is 16.9 Å². The molecule has 1 N–H and O–H groups in total. The molecule has 0 spiro atoms. The van der Waals surface area contributed by atoms with Gasteiger partial charge in [0.05, 0.1) is 5.69 Å². The molecule has 8 nitrogen and oxygen atoms in total. The molecule has 2 aromatic rings. The number of nitriles is 1. The molecule has 0 aliphatic rings. The van der Waals surface area contributed by atoms with Crippen LogP contribution >= 0.6 is 0 Å². The summed E-state index contributed by atoms with van der Waals surface area (Å²) in [5, 5.41) is 22.2. The maximum Gasteiger partial charge on any atom is 0.246 e. The SMILES string of the molecule is CC(C)c1cc(NC(=O)Cn2cnnc2C#N)on1.